The number of hydrogen-bond acceptors (Lipinski definition) is 3. The molecule has 6 rings (SSSR count). The number of rotatable bonds is 1. The van der Waals surface area contributed by atoms with Crippen molar-refractivity contribution in [2.75, 3.05) is 0 Å². The fraction of sp³-hybridized carbons (Fsp3) is 0.541. The molecule has 4 aliphatic rings. The Kier molecular flexibility index (Phi) is 6.77. The predicted molar refractivity (Wildman–Crippen MR) is 158 cm³/mol. The lowest BCUT2D eigenvalue weighted by Gasteiger charge is -2.65. The second kappa shape index (κ2) is 9.91. The van der Waals surface area contributed by atoms with Crippen molar-refractivity contribution in [3.8, 4) is 23.7 Å². The van der Waals surface area contributed by atoms with E-state index in [4.69, 9.17) is 0 Å². The van der Waals surface area contributed by atoms with E-state index in [-0.39, 0.29) is 34.4 Å². The van der Waals surface area contributed by atoms with Crippen LogP contribution in [0.5, 0.6) is 0 Å². The first-order valence-electron chi connectivity index (χ1n) is 15.2. The van der Waals surface area contributed by atoms with Crippen molar-refractivity contribution in [3.63, 3.8) is 0 Å². The minimum Gasteiger partial charge on any atom is -0.378 e. The van der Waals surface area contributed by atoms with E-state index in [9.17, 15) is 15.0 Å². The van der Waals surface area contributed by atoms with Crippen molar-refractivity contribution < 1.29 is 15.0 Å². The topological polar surface area (TPSA) is 57.5 Å². The molecule has 208 valence electrons. The molecule has 2 aromatic carbocycles. The highest BCUT2D eigenvalue weighted by atomic mass is 16.3. The van der Waals surface area contributed by atoms with E-state index in [0.29, 0.717) is 31.1 Å². The molecule has 3 nitrogen and oxygen atoms in total. The van der Waals surface area contributed by atoms with Gasteiger partial charge in [-0.3, -0.25) is 4.79 Å². The second-order valence-corrected chi connectivity index (χ2v) is 13.8. The smallest absolute Gasteiger partial charge is 0.133 e. The summed E-state index contributed by atoms with van der Waals surface area (Å²) in [5.41, 5.74) is -0.779. The van der Waals surface area contributed by atoms with Crippen molar-refractivity contribution >= 4 is 5.78 Å². The highest BCUT2D eigenvalue weighted by Crippen LogP contribution is 2.70. The molecular weight excluding hydrogens is 492 g/mol. The molecule has 0 aromatic heterocycles. The molecule has 0 unspecified atom stereocenters. The largest absolute Gasteiger partial charge is 0.378 e. The van der Waals surface area contributed by atoms with E-state index in [1.54, 1.807) is 6.92 Å². The van der Waals surface area contributed by atoms with Gasteiger partial charge < -0.3 is 10.2 Å². The van der Waals surface area contributed by atoms with Crippen molar-refractivity contribution in [3.05, 3.63) is 71.8 Å². The van der Waals surface area contributed by atoms with Crippen LogP contribution in [-0.2, 0) is 4.79 Å². The molecule has 0 bridgehead atoms. The van der Waals surface area contributed by atoms with E-state index in [2.05, 4.69) is 37.5 Å². The summed E-state index contributed by atoms with van der Waals surface area (Å²) in [5.74, 6) is 14.5. The van der Waals surface area contributed by atoms with Crippen LogP contribution in [0.4, 0.5) is 0 Å². The maximum atomic E-state index is 12.8. The van der Waals surface area contributed by atoms with Gasteiger partial charge in [-0.25, -0.2) is 0 Å². The van der Waals surface area contributed by atoms with Gasteiger partial charge in [0.25, 0.3) is 0 Å². The summed E-state index contributed by atoms with van der Waals surface area (Å²) in [5, 5.41) is 24.4. The van der Waals surface area contributed by atoms with E-state index in [1.807, 2.05) is 60.7 Å². The average molecular weight is 535 g/mol. The van der Waals surface area contributed by atoms with Gasteiger partial charge in [0.05, 0.1) is 0 Å². The van der Waals surface area contributed by atoms with Crippen LogP contribution in [0.3, 0.4) is 0 Å². The Morgan fingerprint density at radius 2 is 1.43 bits per heavy atom. The Morgan fingerprint density at radius 3 is 2.05 bits per heavy atom. The maximum absolute atomic E-state index is 12.8. The third-order valence-electron chi connectivity index (χ3n) is 11.6. The summed E-state index contributed by atoms with van der Waals surface area (Å²) in [4.78, 5) is 12.8. The number of fused-ring (bicyclic) bond motifs is 5. The number of hydrogen-bond donors (Lipinski definition) is 2. The molecular formula is C37H42O3. The standard InChI is InChI=1S/C37H42O3/c1-26(38)31-16-17-32-30-15-14-29-24-36(39,20-18-27-10-6-4-7-11-27)23-22-34(29,2)33(30)37(40,25-35(31,32)3)21-19-28-12-8-5-9-13-28/h4-13,29-33,39-40H,14-17,22-25H2,1-3H3/t29-,30+,31-,32+,33+,34+,35-,36-,37+/m1/s1. The Labute approximate surface area is 239 Å². The molecule has 40 heavy (non-hydrogen) atoms. The third-order valence-corrected chi connectivity index (χ3v) is 11.6. The van der Waals surface area contributed by atoms with Gasteiger partial charge in [0.1, 0.15) is 17.0 Å². The normalized spacial score (nSPS) is 41.7. The number of Topliss-reactive ketones (excluding diaryl/α,β-unsaturated/α-hetero) is 1. The van der Waals surface area contributed by atoms with Crippen LogP contribution in [-0.4, -0.2) is 27.2 Å². The van der Waals surface area contributed by atoms with Crippen LogP contribution >= 0.6 is 0 Å². The lowest BCUT2D eigenvalue weighted by atomic mass is 9.40. The van der Waals surface area contributed by atoms with E-state index in [0.717, 1.165) is 43.2 Å². The molecule has 4 aliphatic carbocycles. The van der Waals surface area contributed by atoms with Crippen molar-refractivity contribution in [1.29, 1.82) is 0 Å². The van der Waals surface area contributed by atoms with Gasteiger partial charge in [-0.15, -0.1) is 0 Å². The number of carbonyl (C=O) groups is 1. The molecule has 0 saturated heterocycles. The number of carbonyl (C=O) groups excluding carboxylic acids is 1. The zero-order chi connectivity index (χ0) is 28.2. The highest BCUT2D eigenvalue weighted by Gasteiger charge is 2.68. The molecule has 4 saturated carbocycles. The Hall–Kier alpha value is -2.85. The monoisotopic (exact) mass is 534 g/mol. The summed E-state index contributed by atoms with van der Waals surface area (Å²) >= 11 is 0. The van der Waals surface area contributed by atoms with E-state index < -0.39 is 11.2 Å². The van der Waals surface area contributed by atoms with Crippen molar-refractivity contribution in [2.24, 2.45) is 40.4 Å². The molecule has 0 heterocycles. The highest BCUT2D eigenvalue weighted by molar-refractivity contribution is 5.79. The fourth-order valence-corrected chi connectivity index (χ4v) is 9.87. The van der Waals surface area contributed by atoms with Gasteiger partial charge in [0.2, 0.25) is 0 Å². The zero-order valence-corrected chi connectivity index (χ0v) is 24.1. The number of ketones is 1. The van der Waals surface area contributed by atoms with Gasteiger partial charge in [0.15, 0.2) is 0 Å². The molecule has 3 heteroatoms. The Morgan fingerprint density at radius 1 is 0.800 bits per heavy atom. The van der Waals surface area contributed by atoms with Gasteiger partial charge >= 0.3 is 0 Å². The molecule has 0 aliphatic heterocycles. The van der Waals surface area contributed by atoms with Crippen LogP contribution in [0.25, 0.3) is 0 Å². The van der Waals surface area contributed by atoms with Crippen molar-refractivity contribution in [1.82, 2.24) is 0 Å². The van der Waals surface area contributed by atoms with E-state index >= 15 is 0 Å². The summed E-state index contributed by atoms with van der Waals surface area (Å²) in [7, 11) is 0. The van der Waals surface area contributed by atoms with Gasteiger partial charge in [-0.1, -0.05) is 73.9 Å². The van der Waals surface area contributed by atoms with Crippen LogP contribution in [0.1, 0.15) is 83.3 Å². The first-order valence-corrected chi connectivity index (χ1v) is 15.2. The van der Waals surface area contributed by atoms with Crippen molar-refractivity contribution in [2.45, 2.75) is 83.3 Å². The fourth-order valence-electron chi connectivity index (χ4n) is 9.87. The van der Waals surface area contributed by atoms with E-state index in [1.165, 1.54) is 0 Å². The minimum atomic E-state index is -1.19. The molecule has 9 atom stereocenters. The maximum Gasteiger partial charge on any atom is 0.133 e. The third kappa shape index (κ3) is 4.53. The van der Waals surface area contributed by atoms with Crippen LogP contribution < -0.4 is 0 Å². The summed E-state index contributed by atoms with van der Waals surface area (Å²) in [6.45, 7) is 6.35. The molecule has 0 amide bonds. The SMILES string of the molecule is CC(=O)[C@H]1CC[C@H]2[C@@H]3CC[C@@H]4C[C@@](O)(C#Cc5ccccc5)CC[C@]4(C)[C@H]3[C@](O)(C#Cc3ccccc3)C[C@]12C. The minimum absolute atomic E-state index is 0.00498. The Bertz CT molecular complexity index is 1390. The number of benzene rings is 2. The van der Waals surface area contributed by atoms with Crippen LogP contribution in [0.15, 0.2) is 60.7 Å². The lowest BCUT2D eigenvalue weighted by Crippen LogP contribution is -2.65. The average Bonchev–Trinajstić information content (AvgIpc) is 3.29. The quantitative estimate of drug-likeness (QED) is 0.416. The van der Waals surface area contributed by atoms with Gasteiger partial charge in [0, 0.05) is 23.0 Å². The van der Waals surface area contributed by atoms with Gasteiger partial charge in [-0.05, 0) is 111 Å². The Balaban J connectivity index is 1.38. The predicted octanol–water partition coefficient (Wildman–Crippen LogP) is 6.41. The molecule has 2 N–H and O–H groups in total. The molecule has 4 fully saturated rings. The first kappa shape index (κ1) is 27.3. The molecule has 2 aromatic rings. The lowest BCUT2D eigenvalue weighted by molar-refractivity contribution is -0.208. The summed E-state index contributed by atoms with van der Waals surface area (Å²) in [6.07, 6.45) is 6.58. The number of aliphatic hydroxyl groups is 2. The zero-order valence-electron chi connectivity index (χ0n) is 24.1. The van der Waals surface area contributed by atoms with Gasteiger partial charge in [-0.2, -0.15) is 0 Å². The molecule has 0 radical (unpaired) electrons. The first-order chi connectivity index (χ1) is 19.1. The second-order valence-electron chi connectivity index (χ2n) is 13.8. The molecule has 0 spiro atoms. The summed E-state index contributed by atoms with van der Waals surface area (Å²) in [6, 6.07) is 19.8. The summed E-state index contributed by atoms with van der Waals surface area (Å²) < 4.78 is 0. The van der Waals surface area contributed by atoms with Crippen LogP contribution in [0.2, 0.25) is 0 Å². The van der Waals surface area contributed by atoms with Crippen LogP contribution in [0, 0.1) is 64.1 Å².